The van der Waals surface area contributed by atoms with Crippen molar-refractivity contribution in [1.29, 1.82) is 0 Å². The van der Waals surface area contributed by atoms with E-state index in [9.17, 15) is 9.90 Å². The predicted octanol–water partition coefficient (Wildman–Crippen LogP) is 2.21. The topological polar surface area (TPSA) is 67.5 Å². The molecule has 20 heavy (non-hydrogen) atoms. The van der Waals surface area contributed by atoms with Gasteiger partial charge in [-0.1, -0.05) is 36.4 Å². The number of hydrogen-bond donors (Lipinski definition) is 1. The summed E-state index contributed by atoms with van der Waals surface area (Å²) in [6.07, 6.45) is 1.45. The van der Waals surface area contributed by atoms with Gasteiger partial charge in [0.05, 0.1) is 0 Å². The van der Waals surface area contributed by atoms with E-state index in [0.29, 0.717) is 17.9 Å². The summed E-state index contributed by atoms with van der Waals surface area (Å²) in [6.45, 7) is 0. The first-order valence-corrected chi connectivity index (χ1v) is 6.36. The molecule has 0 aliphatic carbocycles. The number of benzene rings is 1. The summed E-state index contributed by atoms with van der Waals surface area (Å²) in [6, 6.07) is 15.0. The van der Waals surface area contributed by atoms with Gasteiger partial charge in [-0.05, 0) is 24.1 Å². The lowest BCUT2D eigenvalue weighted by molar-refractivity contribution is 0.0688. The van der Waals surface area contributed by atoms with Crippen molar-refractivity contribution in [1.82, 2.24) is 14.6 Å². The standard InChI is InChI=1S/C15H13N3O2/c19-15(20)12-7-4-8-13-16-17-14(18(12)13)10-9-11-5-2-1-3-6-11/h1-8H,9-10H2,(H,19,20). The van der Waals surface area contributed by atoms with E-state index in [1.165, 1.54) is 5.56 Å². The molecule has 2 heterocycles. The Bertz CT molecular complexity index is 750. The molecule has 0 aliphatic rings. The fraction of sp³-hybridized carbons (Fsp3) is 0.133. The molecule has 0 bridgehead atoms. The van der Waals surface area contributed by atoms with Crippen molar-refractivity contribution < 1.29 is 9.90 Å². The lowest BCUT2D eigenvalue weighted by Gasteiger charge is -2.04. The van der Waals surface area contributed by atoms with Crippen LogP contribution in [0.15, 0.2) is 48.5 Å². The second-order valence-electron chi connectivity index (χ2n) is 4.51. The van der Waals surface area contributed by atoms with Crippen LogP contribution in [0.1, 0.15) is 21.9 Å². The van der Waals surface area contributed by atoms with Gasteiger partial charge < -0.3 is 5.11 Å². The number of aryl methyl sites for hydroxylation is 2. The summed E-state index contributed by atoms with van der Waals surface area (Å²) >= 11 is 0. The number of carboxylic acid groups (broad SMARTS) is 1. The van der Waals surface area contributed by atoms with Crippen LogP contribution < -0.4 is 0 Å². The minimum atomic E-state index is -0.976. The Morgan fingerprint density at radius 3 is 2.55 bits per heavy atom. The van der Waals surface area contributed by atoms with Crippen LogP contribution in [0.5, 0.6) is 0 Å². The number of aromatic carboxylic acids is 1. The first kappa shape index (κ1) is 12.3. The summed E-state index contributed by atoms with van der Waals surface area (Å²) in [5.74, 6) is -0.307. The van der Waals surface area contributed by atoms with Crippen molar-refractivity contribution in [3.05, 3.63) is 65.6 Å². The van der Waals surface area contributed by atoms with E-state index in [1.54, 1.807) is 22.6 Å². The summed E-state index contributed by atoms with van der Waals surface area (Å²) in [5, 5.41) is 17.4. The highest BCUT2D eigenvalue weighted by atomic mass is 16.4. The van der Waals surface area contributed by atoms with Gasteiger partial charge in [0.2, 0.25) is 0 Å². The van der Waals surface area contributed by atoms with Crippen LogP contribution in [0.2, 0.25) is 0 Å². The Kier molecular flexibility index (Phi) is 3.16. The van der Waals surface area contributed by atoms with Crippen molar-refractivity contribution in [2.24, 2.45) is 0 Å². The largest absolute Gasteiger partial charge is 0.477 e. The van der Waals surface area contributed by atoms with Crippen LogP contribution in [0.3, 0.4) is 0 Å². The molecule has 0 radical (unpaired) electrons. The van der Waals surface area contributed by atoms with Gasteiger partial charge in [0.15, 0.2) is 5.65 Å². The smallest absolute Gasteiger partial charge is 0.352 e. The van der Waals surface area contributed by atoms with Gasteiger partial charge in [-0.3, -0.25) is 4.40 Å². The zero-order valence-electron chi connectivity index (χ0n) is 10.7. The molecular weight excluding hydrogens is 254 g/mol. The quantitative estimate of drug-likeness (QED) is 0.787. The Hall–Kier alpha value is -2.69. The monoisotopic (exact) mass is 267 g/mol. The third-order valence-electron chi connectivity index (χ3n) is 3.19. The summed E-state index contributed by atoms with van der Waals surface area (Å²) in [7, 11) is 0. The highest BCUT2D eigenvalue weighted by Crippen LogP contribution is 2.11. The van der Waals surface area contributed by atoms with E-state index in [0.717, 1.165) is 6.42 Å². The molecule has 3 rings (SSSR count). The van der Waals surface area contributed by atoms with Crippen LogP contribution in [0.4, 0.5) is 0 Å². The van der Waals surface area contributed by atoms with Gasteiger partial charge >= 0.3 is 5.97 Å². The fourth-order valence-corrected chi connectivity index (χ4v) is 2.23. The fourth-order valence-electron chi connectivity index (χ4n) is 2.23. The third kappa shape index (κ3) is 2.25. The average molecular weight is 267 g/mol. The molecule has 0 aliphatic heterocycles. The molecule has 0 atom stereocenters. The first-order chi connectivity index (χ1) is 9.75. The number of hydrogen-bond acceptors (Lipinski definition) is 3. The minimum absolute atomic E-state index is 0.190. The number of nitrogens with zero attached hydrogens (tertiary/aromatic N) is 3. The zero-order valence-corrected chi connectivity index (χ0v) is 10.7. The second-order valence-corrected chi connectivity index (χ2v) is 4.51. The number of pyridine rings is 1. The molecular formula is C15H13N3O2. The first-order valence-electron chi connectivity index (χ1n) is 6.36. The van der Waals surface area contributed by atoms with E-state index in [2.05, 4.69) is 10.2 Å². The van der Waals surface area contributed by atoms with Crippen LogP contribution >= 0.6 is 0 Å². The molecule has 2 aromatic heterocycles. The maximum absolute atomic E-state index is 11.3. The average Bonchev–Trinajstić information content (AvgIpc) is 2.89. The van der Waals surface area contributed by atoms with Crippen molar-refractivity contribution >= 4 is 11.6 Å². The SMILES string of the molecule is O=C(O)c1cccc2nnc(CCc3ccccc3)n12. The lowest BCUT2D eigenvalue weighted by Crippen LogP contribution is -2.08. The van der Waals surface area contributed by atoms with E-state index in [4.69, 9.17) is 0 Å². The maximum atomic E-state index is 11.3. The molecule has 0 amide bonds. The summed E-state index contributed by atoms with van der Waals surface area (Å²) in [5.41, 5.74) is 1.94. The molecule has 0 saturated carbocycles. The molecule has 0 fully saturated rings. The Morgan fingerprint density at radius 1 is 1.00 bits per heavy atom. The van der Waals surface area contributed by atoms with E-state index in [1.807, 2.05) is 30.3 Å². The molecule has 100 valence electrons. The van der Waals surface area contributed by atoms with E-state index < -0.39 is 5.97 Å². The van der Waals surface area contributed by atoms with Gasteiger partial charge in [-0.25, -0.2) is 4.79 Å². The van der Waals surface area contributed by atoms with Gasteiger partial charge in [0.25, 0.3) is 0 Å². The van der Waals surface area contributed by atoms with Crippen molar-refractivity contribution in [3.63, 3.8) is 0 Å². The normalized spacial score (nSPS) is 10.8. The number of carboxylic acids is 1. The van der Waals surface area contributed by atoms with Gasteiger partial charge in [0.1, 0.15) is 11.5 Å². The van der Waals surface area contributed by atoms with Crippen molar-refractivity contribution in [3.8, 4) is 0 Å². The Morgan fingerprint density at radius 2 is 1.80 bits per heavy atom. The Labute approximate surface area is 115 Å². The summed E-state index contributed by atoms with van der Waals surface area (Å²) in [4.78, 5) is 11.3. The van der Waals surface area contributed by atoms with Gasteiger partial charge in [0, 0.05) is 6.42 Å². The number of carbonyl (C=O) groups is 1. The van der Waals surface area contributed by atoms with Crippen LogP contribution in [0, 0.1) is 0 Å². The maximum Gasteiger partial charge on any atom is 0.352 e. The van der Waals surface area contributed by atoms with Crippen LogP contribution in [-0.2, 0) is 12.8 Å². The molecule has 3 aromatic rings. The molecule has 0 unspecified atom stereocenters. The second kappa shape index (κ2) is 5.13. The van der Waals surface area contributed by atoms with Crippen molar-refractivity contribution in [2.45, 2.75) is 12.8 Å². The number of rotatable bonds is 4. The highest BCUT2D eigenvalue weighted by Gasteiger charge is 2.13. The molecule has 5 heteroatoms. The van der Waals surface area contributed by atoms with Gasteiger partial charge in [-0.15, -0.1) is 10.2 Å². The molecule has 1 aromatic carbocycles. The minimum Gasteiger partial charge on any atom is -0.477 e. The lowest BCUT2D eigenvalue weighted by atomic mass is 10.1. The predicted molar refractivity (Wildman–Crippen MR) is 73.8 cm³/mol. The molecule has 0 saturated heterocycles. The van der Waals surface area contributed by atoms with E-state index >= 15 is 0 Å². The number of fused-ring (bicyclic) bond motifs is 1. The highest BCUT2D eigenvalue weighted by molar-refractivity contribution is 5.86. The van der Waals surface area contributed by atoms with Crippen molar-refractivity contribution in [2.75, 3.05) is 0 Å². The Balaban J connectivity index is 1.94. The van der Waals surface area contributed by atoms with E-state index in [-0.39, 0.29) is 5.69 Å². The van der Waals surface area contributed by atoms with Crippen LogP contribution in [0.25, 0.3) is 5.65 Å². The molecule has 1 N–H and O–H groups in total. The number of aromatic nitrogens is 3. The zero-order chi connectivity index (χ0) is 13.9. The molecule has 5 nitrogen and oxygen atoms in total. The van der Waals surface area contributed by atoms with Crippen LogP contribution in [-0.4, -0.2) is 25.7 Å². The third-order valence-corrected chi connectivity index (χ3v) is 3.19. The van der Waals surface area contributed by atoms with Gasteiger partial charge in [-0.2, -0.15) is 0 Å². The molecule has 0 spiro atoms. The summed E-state index contributed by atoms with van der Waals surface area (Å²) < 4.78 is 1.60.